The molecule has 32 heavy (non-hydrogen) atoms. The standard InChI is InChI=1S/C12H16NO3S2.C9H9NO3.Y/c1-15-7-9-17-18-10-8-16-12(14)13-11-5-3-2-4-6-11;1-6(11)13-8-5-3-2-4-7(8)9(10)12;/h3-6H,7-10H2,1H3,(H,13,14);2-5H,1H3,(H2,10,12);/q-1;;/p-1. The van der Waals surface area contributed by atoms with Crippen LogP contribution >= 0.6 is 21.6 Å². The second-order valence-corrected chi connectivity index (χ2v) is 8.31. The molecule has 2 N–H and O–H groups in total. The Morgan fingerprint density at radius 1 is 1.03 bits per heavy atom. The van der Waals surface area contributed by atoms with E-state index in [1.807, 2.05) is 0 Å². The van der Waals surface area contributed by atoms with E-state index < -0.39 is 18.0 Å². The Hall–Kier alpha value is -1.59. The van der Waals surface area contributed by atoms with E-state index in [1.54, 1.807) is 65.1 Å². The number of anilines is 1. The molecule has 0 aliphatic rings. The van der Waals surface area contributed by atoms with Gasteiger partial charge in [-0.25, -0.2) is 4.79 Å². The Bertz CT molecular complexity index is 827. The number of rotatable bonds is 10. The predicted molar refractivity (Wildman–Crippen MR) is 123 cm³/mol. The van der Waals surface area contributed by atoms with Crippen molar-refractivity contribution in [2.75, 3.05) is 37.1 Å². The van der Waals surface area contributed by atoms with Crippen LogP contribution in [0.5, 0.6) is 5.75 Å². The maximum absolute atomic E-state index is 11.4. The Morgan fingerprint density at radius 3 is 2.25 bits per heavy atom. The number of carbonyl (C=O) groups excluding carboxylic acids is 3. The molecule has 0 heterocycles. The monoisotopic (exact) mass is 553 g/mol. The molecule has 171 valence electrons. The normalized spacial score (nSPS) is 9.44. The van der Waals surface area contributed by atoms with Gasteiger partial charge in [0.05, 0.1) is 12.5 Å². The van der Waals surface area contributed by atoms with E-state index >= 15 is 0 Å². The molecule has 0 bridgehead atoms. The Labute approximate surface area is 221 Å². The first-order chi connectivity index (χ1) is 14.9. The zero-order valence-corrected chi connectivity index (χ0v) is 22.3. The van der Waals surface area contributed by atoms with Gasteiger partial charge in [-0.05, 0) is 12.1 Å². The molecule has 0 fully saturated rings. The first-order valence-electron chi connectivity index (χ1n) is 9.10. The van der Waals surface area contributed by atoms with E-state index in [0.29, 0.717) is 12.3 Å². The van der Waals surface area contributed by atoms with Crippen molar-refractivity contribution in [2.45, 2.75) is 6.92 Å². The van der Waals surface area contributed by atoms with Crippen LogP contribution in [-0.4, -0.2) is 49.8 Å². The number of esters is 1. The molecule has 2 amide bonds. The maximum atomic E-state index is 11.4. The van der Waals surface area contributed by atoms with E-state index in [1.165, 1.54) is 19.1 Å². The Balaban J connectivity index is 0.000000611. The number of hydrogen-bond acceptors (Lipinski definition) is 8. The van der Waals surface area contributed by atoms with Crippen molar-refractivity contribution in [3.63, 3.8) is 0 Å². The summed E-state index contributed by atoms with van der Waals surface area (Å²) < 4.78 is 14.7. The van der Waals surface area contributed by atoms with Crippen molar-refractivity contribution in [3.8, 4) is 5.75 Å². The fraction of sp³-hybridized carbons (Fsp3) is 0.286. The fourth-order valence-corrected chi connectivity index (χ4v) is 3.66. The van der Waals surface area contributed by atoms with Crippen LogP contribution < -0.4 is 10.1 Å². The van der Waals surface area contributed by atoms with Crippen LogP contribution in [0, 0.1) is 6.07 Å². The molecule has 8 nitrogen and oxygen atoms in total. The molecule has 11 heteroatoms. The minimum Gasteiger partial charge on any atom is -0.663 e. The number of amides is 2. The molecule has 0 spiro atoms. The predicted octanol–water partition coefficient (Wildman–Crippen LogP) is 4.86. The van der Waals surface area contributed by atoms with Crippen LogP contribution in [0.4, 0.5) is 10.5 Å². The van der Waals surface area contributed by atoms with Gasteiger partial charge in [0.15, 0.2) is 0 Å². The quantitative estimate of drug-likeness (QED) is 0.146. The van der Waals surface area contributed by atoms with E-state index in [4.69, 9.17) is 19.9 Å². The molecule has 2 rings (SSSR count). The maximum Gasteiger partial charge on any atom is 0.409 e. The average Bonchev–Trinajstić information content (AvgIpc) is 2.74. The topological polar surface area (TPSA) is 115 Å². The molecule has 0 aliphatic heterocycles. The minimum atomic E-state index is -0.864. The van der Waals surface area contributed by atoms with Gasteiger partial charge in [0.1, 0.15) is 12.4 Å². The van der Waals surface area contributed by atoms with E-state index in [-0.39, 0.29) is 44.0 Å². The number of carbonyl (C=O) groups is 3. The van der Waals surface area contributed by atoms with Crippen LogP contribution in [-0.2, 0) is 47.0 Å². The minimum absolute atomic E-state index is 0. The Kier molecular flexibility index (Phi) is 18.0. The largest absolute Gasteiger partial charge is 0.663 e. The third-order valence-corrected chi connectivity index (χ3v) is 5.54. The van der Waals surface area contributed by atoms with Gasteiger partial charge in [-0.1, -0.05) is 39.4 Å². The molecule has 2 aromatic carbocycles. The molecule has 0 atom stereocenters. The van der Waals surface area contributed by atoms with Crippen molar-refractivity contribution in [2.24, 2.45) is 0 Å². The van der Waals surface area contributed by atoms with Gasteiger partial charge in [0.2, 0.25) is 0 Å². The van der Waals surface area contributed by atoms with Gasteiger partial charge in [0, 0.05) is 63.8 Å². The van der Waals surface area contributed by atoms with Crippen molar-refractivity contribution in [3.05, 3.63) is 65.9 Å². The van der Waals surface area contributed by atoms with Crippen LogP contribution in [0.2, 0.25) is 0 Å². The SMILES string of the molecule is CC(=O)Oc1ccccc1C([NH-])=O.COCCSSCCOC(=O)Nc1cc[c-]cc1.[Y]. The first kappa shape index (κ1) is 30.4. The van der Waals surface area contributed by atoms with Gasteiger partial charge >= 0.3 is 12.1 Å². The molecular formula is C21H24N2O6S2Y-2. The number of para-hydroxylation sites is 1. The molecule has 2 aromatic rings. The van der Waals surface area contributed by atoms with Gasteiger partial charge < -0.3 is 30.1 Å². The number of hydrogen-bond donors (Lipinski definition) is 1. The van der Waals surface area contributed by atoms with Gasteiger partial charge in [-0.3, -0.25) is 4.79 Å². The summed E-state index contributed by atoms with van der Waals surface area (Å²) in [7, 11) is 5.06. The molecular weight excluding hydrogens is 529 g/mol. The molecule has 0 saturated carbocycles. The summed E-state index contributed by atoms with van der Waals surface area (Å²) in [5.41, 5.74) is 7.68. The summed E-state index contributed by atoms with van der Waals surface area (Å²) in [6, 6.07) is 16.0. The van der Waals surface area contributed by atoms with Crippen LogP contribution in [0.15, 0.2) is 48.5 Å². The molecule has 0 unspecified atom stereocenters. The summed E-state index contributed by atoms with van der Waals surface area (Å²) in [4.78, 5) is 32.7. The fourth-order valence-electron chi connectivity index (χ4n) is 1.93. The van der Waals surface area contributed by atoms with Gasteiger partial charge in [-0.2, -0.15) is 18.2 Å². The zero-order valence-electron chi connectivity index (χ0n) is 17.8. The molecule has 0 saturated heterocycles. The van der Waals surface area contributed by atoms with Crippen molar-refractivity contribution < 1.29 is 61.3 Å². The second-order valence-electron chi connectivity index (χ2n) is 5.61. The van der Waals surface area contributed by atoms with Crippen molar-refractivity contribution >= 4 is 45.2 Å². The number of methoxy groups -OCH3 is 1. The Morgan fingerprint density at radius 2 is 1.66 bits per heavy atom. The summed E-state index contributed by atoms with van der Waals surface area (Å²) in [6.07, 6.45) is -0.427. The van der Waals surface area contributed by atoms with E-state index in [0.717, 1.165) is 18.1 Å². The smallest absolute Gasteiger partial charge is 0.409 e. The molecule has 0 aliphatic carbocycles. The summed E-state index contributed by atoms with van der Waals surface area (Å²) in [6.45, 7) is 2.38. The van der Waals surface area contributed by atoms with Gasteiger partial charge in [-0.15, -0.1) is 12.1 Å². The number of nitrogens with one attached hydrogen (secondary N) is 2. The molecule has 1 radical (unpaired) electrons. The third-order valence-electron chi connectivity index (χ3n) is 3.20. The van der Waals surface area contributed by atoms with Crippen LogP contribution in [0.1, 0.15) is 17.3 Å². The van der Waals surface area contributed by atoms with Gasteiger partial charge in [0.25, 0.3) is 0 Å². The van der Waals surface area contributed by atoms with Crippen molar-refractivity contribution in [1.29, 1.82) is 0 Å². The van der Waals surface area contributed by atoms with Crippen molar-refractivity contribution in [1.82, 2.24) is 0 Å². The van der Waals surface area contributed by atoms with E-state index in [2.05, 4.69) is 11.4 Å². The first-order valence-corrected chi connectivity index (χ1v) is 11.6. The zero-order chi connectivity index (χ0) is 22.9. The summed E-state index contributed by atoms with van der Waals surface area (Å²) in [5.74, 6) is 0.471. The number of benzene rings is 2. The van der Waals surface area contributed by atoms with Crippen LogP contribution in [0.3, 0.4) is 0 Å². The summed E-state index contributed by atoms with van der Waals surface area (Å²) >= 11 is 0. The number of ether oxygens (including phenoxy) is 3. The summed E-state index contributed by atoms with van der Waals surface area (Å²) in [5, 5.41) is 2.64. The van der Waals surface area contributed by atoms with Crippen LogP contribution in [0.25, 0.3) is 5.73 Å². The average molecular weight is 553 g/mol. The third kappa shape index (κ3) is 14.5. The molecule has 0 aromatic heterocycles. The van der Waals surface area contributed by atoms with E-state index in [9.17, 15) is 14.4 Å². The second kappa shape index (κ2) is 18.9.